The highest BCUT2D eigenvalue weighted by Crippen LogP contribution is 2.24. The smallest absolute Gasteiger partial charge is 0.340 e. The van der Waals surface area contributed by atoms with Crippen molar-refractivity contribution in [2.75, 3.05) is 20.3 Å². The Balaban J connectivity index is 1.63. The van der Waals surface area contributed by atoms with Crippen LogP contribution in [0.2, 0.25) is 0 Å². The van der Waals surface area contributed by atoms with Crippen LogP contribution in [0.15, 0.2) is 42.5 Å². The zero-order valence-corrected chi connectivity index (χ0v) is 19.4. The van der Waals surface area contributed by atoms with Gasteiger partial charge in [0.2, 0.25) is 11.7 Å². The number of rotatable bonds is 9. The summed E-state index contributed by atoms with van der Waals surface area (Å²) in [6.07, 6.45) is 0.647. The first kappa shape index (κ1) is 23.3. The molecule has 0 fully saturated rings. The number of ether oxygens (including phenoxy) is 2. The third-order valence-electron chi connectivity index (χ3n) is 5.00. The fraction of sp³-hybridized carbons (Fsp3) is 0.292. The lowest BCUT2D eigenvalue weighted by Crippen LogP contribution is -2.22. The molecule has 0 spiro atoms. The molecule has 0 aliphatic carbocycles. The van der Waals surface area contributed by atoms with Gasteiger partial charge in [-0.15, -0.1) is 11.3 Å². The van der Waals surface area contributed by atoms with Crippen molar-refractivity contribution in [1.29, 1.82) is 0 Å². The predicted octanol–water partition coefficient (Wildman–Crippen LogP) is 3.88. The van der Waals surface area contributed by atoms with Crippen LogP contribution in [-0.4, -0.2) is 42.5 Å². The maximum Gasteiger partial charge on any atom is 0.340 e. The molecule has 2 heterocycles. The van der Waals surface area contributed by atoms with Gasteiger partial charge in [-0.05, 0) is 62.7 Å². The molecule has 8 heteroatoms. The monoisotopic (exact) mass is 454 g/mol. The van der Waals surface area contributed by atoms with Crippen molar-refractivity contribution in [2.45, 2.75) is 27.2 Å². The van der Waals surface area contributed by atoms with E-state index in [1.807, 2.05) is 48.7 Å². The molecular weight excluding hydrogens is 428 g/mol. The Morgan fingerprint density at radius 2 is 1.78 bits per heavy atom. The second-order valence-corrected chi connectivity index (χ2v) is 8.48. The van der Waals surface area contributed by atoms with Crippen molar-refractivity contribution in [3.63, 3.8) is 0 Å². The molecule has 0 unspecified atom stereocenters. The molecule has 1 aromatic carbocycles. The Bertz CT molecular complexity index is 1130. The lowest BCUT2D eigenvalue weighted by atomic mass is 10.2. The van der Waals surface area contributed by atoms with Crippen molar-refractivity contribution < 1.29 is 23.9 Å². The molecule has 0 aliphatic heterocycles. The van der Waals surface area contributed by atoms with Gasteiger partial charge in [0, 0.05) is 35.4 Å². The van der Waals surface area contributed by atoms with Gasteiger partial charge in [-0.25, -0.2) is 4.79 Å². The van der Waals surface area contributed by atoms with Crippen LogP contribution < -0.4 is 10.1 Å². The van der Waals surface area contributed by atoms with Crippen LogP contribution in [-0.2, 0) is 16.0 Å². The fourth-order valence-corrected chi connectivity index (χ4v) is 4.33. The van der Waals surface area contributed by atoms with Crippen LogP contribution in [0.3, 0.4) is 0 Å². The molecule has 0 radical (unpaired) electrons. The van der Waals surface area contributed by atoms with Crippen molar-refractivity contribution in [1.82, 2.24) is 9.88 Å². The molecular formula is C24H26N2O5S. The minimum atomic E-state index is -0.534. The number of esters is 1. The minimum absolute atomic E-state index is 0.0869. The number of hydrogen-bond donors (Lipinski definition) is 1. The number of thiophene rings is 1. The number of ketones is 1. The lowest BCUT2D eigenvalue weighted by molar-refractivity contribution is -0.118. The van der Waals surface area contributed by atoms with Crippen LogP contribution >= 0.6 is 11.3 Å². The van der Waals surface area contributed by atoms with E-state index in [-0.39, 0.29) is 18.3 Å². The second-order valence-electron chi connectivity index (χ2n) is 7.32. The Morgan fingerprint density at radius 1 is 1.06 bits per heavy atom. The first-order valence-corrected chi connectivity index (χ1v) is 11.0. The van der Waals surface area contributed by atoms with Crippen LogP contribution in [0.4, 0.5) is 0 Å². The molecule has 32 heavy (non-hydrogen) atoms. The molecule has 3 aromatic rings. The van der Waals surface area contributed by atoms with Crippen molar-refractivity contribution in [2.24, 2.45) is 0 Å². The number of nitrogens with zero attached hydrogens (tertiary/aromatic N) is 1. The number of nitrogens with one attached hydrogen (secondary N) is 1. The van der Waals surface area contributed by atoms with E-state index in [1.165, 1.54) is 18.3 Å². The van der Waals surface area contributed by atoms with E-state index in [4.69, 9.17) is 9.47 Å². The van der Waals surface area contributed by atoms with E-state index in [0.29, 0.717) is 23.4 Å². The third-order valence-corrected chi connectivity index (χ3v) is 6.18. The normalized spacial score (nSPS) is 10.6. The highest BCUT2D eigenvalue weighted by molar-refractivity contribution is 7.14. The number of aryl methyl sites for hydroxylation is 1. The first-order chi connectivity index (χ1) is 15.3. The van der Waals surface area contributed by atoms with E-state index in [9.17, 15) is 14.4 Å². The van der Waals surface area contributed by atoms with E-state index in [2.05, 4.69) is 5.32 Å². The predicted molar refractivity (Wildman–Crippen MR) is 123 cm³/mol. The van der Waals surface area contributed by atoms with Crippen LogP contribution in [0.5, 0.6) is 5.75 Å². The molecule has 3 rings (SSSR count). The summed E-state index contributed by atoms with van der Waals surface area (Å²) in [4.78, 5) is 37.6. The molecule has 0 atom stereocenters. The molecule has 7 nitrogen and oxygen atoms in total. The van der Waals surface area contributed by atoms with Gasteiger partial charge >= 0.3 is 5.97 Å². The molecule has 1 amide bonds. The largest absolute Gasteiger partial charge is 0.497 e. The number of carbonyl (C=O) groups is 3. The summed E-state index contributed by atoms with van der Waals surface area (Å²) in [5.41, 5.74) is 2.95. The maximum absolute atomic E-state index is 12.7. The molecule has 0 aliphatic rings. The summed E-state index contributed by atoms with van der Waals surface area (Å²) in [6.45, 7) is 5.41. The topological polar surface area (TPSA) is 86.6 Å². The summed E-state index contributed by atoms with van der Waals surface area (Å²) in [7, 11) is 1.61. The Morgan fingerprint density at radius 3 is 2.44 bits per heavy atom. The summed E-state index contributed by atoms with van der Waals surface area (Å²) >= 11 is 1.34. The zero-order chi connectivity index (χ0) is 23.3. The molecule has 168 valence electrons. The number of benzene rings is 1. The minimum Gasteiger partial charge on any atom is -0.497 e. The van der Waals surface area contributed by atoms with Crippen molar-refractivity contribution >= 4 is 29.0 Å². The van der Waals surface area contributed by atoms with E-state index in [0.717, 1.165) is 27.7 Å². The highest BCUT2D eigenvalue weighted by Gasteiger charge is 2.20. The van der Waals surface area contributed by atoms with Gasteiger partial charge in [0.15, 0.2) is 6.61 Å². The number of amides is 1. The number of carbonyl (C=O) groups excluding carboxylic acids is 3. The summed E-state index contributed by atoms with van der Waals surface area (Å²) in [5.74, 6) is -0.121. The Hall–Kier alpha value is -3.39. The average molecular weight is 455 g/mol. The zero-order valence-electron chi connectivity index (χ0n) is 18.6. The van der Waals surface area contributed by atoms with Crippen molar-refractivity contribution in [3.05, 3.63) is 69.2 Å². The van der Waals surface area contributed by atoms with Gasteiger partial charge in [-0.2, -0.15) is 0 Å². The molecule has 2 aromatic heterocycles. The lowest BCUT2D eigenvalue weighted by Gasteiger charge is -2.10. The van der Waals surface area contributed by atoms with Gasteiger partial charge in [-0.3, -0.25) is 9.59 Å². The maximum atomic E-state index is 12.7. The van der Waals surface area contributed by atoms with Gasteiger partial charge in [0.1, 0.15) is 5.75 Å². The standard InChI is InChI=1S/C24H26N2O5S/c1-15-13-21(16(2)26(15)18-5-7-19(30-4)8-6-18)24(29)31-14-22(28)23-10-9-20(32-23)11-12-25-17(3)27/h5-10,13H,11-12,14H2,1-4H3,(H,25,27). The number of Topliss-reactive ketones (excluding diaryl/α,β-unsaturated/α-hetero) is 1. The Labute approximate surface area is 191 Å². The second kappa shape index (κ2) is 10.3. The molecule has 0 saturated carbocycles. The molecule has 0 saturated heterocycles. The SMILES string of the molecule is COc1ccc(-n2c(C)cc(C(=O)OCC(=O)c3ccc(CCNC(C)=O)s3)c2C)cc1. The summed E-state index contributed by atoms with van der Waals surface area (Å²) < 4.78 is 12.5. The summed E-state index contributed by atoms with van der Waals surface area (Å²) in [6, 6.07) is 12.9. The number of methoxy groups -OCH3 is 1. The van der Waals surface area contributed by atoms with Crippen LogP contribution in [0, 0.1) is 13.8 Å². The van der Waals surface area contributed by atoms with Gasteiger partial charge < -0.3 is 19.4 Å². The summed E-state index contributed by atoms with van der Waals surface area (Å²) in [5, 5.41) is 2.73. The van der Waals surface area contributed by atoms with E-state index >= 15 is 0 Å². The number of hydrogen-bond acceptors (Lipinski definition) is 6. The van der Waals surface area contributed by atoms with Gasteiger partial charge in [-0.1, -0.05) is 0 Å². The molecule has 1 N–H and O–H groups in total. The average Bonchev–Trinajstić information content (AvgIpc) is 3.36. The highest BCUT2D eigenvalue weighted by atomic mass is 32.1. The quantitative estimate of drug-likeness (QED) is 0.392. The fourth-order valence-electron chi connectivity index (χ4n) is 3.40. The van der Waals surface area contributed by atoms with Crippen LogP contribution in [0.1, 0.15) is 43.2 Å². The van der Waals surface area contributed by atoms with Crippen LogP contribution in [0.25, 0.3) is 5.69 Å². The first-order valence-electron chi connectivity index (χ1n) is 10.2. The third kappa shape index (κ3) is 5.45. The number of aromatic nitrogens is 1. The van der Waals surface area contributed by atoms with Gasteiger partial charge in [0.25, 0.3) is 0 Å². The Kier molecular flexibility index (Phi) is 7.48. The molecule has 0 bridgehead atoms. The van der Waals surface area contributed by atoms with E-state index in [1.54, 1.807) is 19.2 Å². The van der Waals surface area contributed by atoms with Crippen molar-refractivity contribution in [3.8, 4) is 11.4 Å². The van der Waals surface area contributed by atoms with Gasteiger partial charge in [0.05, 0.1) is 17.6 Å². The van der Waals surface area contributed by atoms with E-state index < -0.39 is 5.97 Å².